The van der Waals surface area contributed by atoms with Crippen LogP contribution in [0.2, 0.25) is 0 Å². The maximum Gasteiger partial charge on any atom is 0.258 e. The minimum absolute atomic E-state index is 0.162. The van der Waals surface area contributed by atoms with Crippen LogP contribution in [0.5, 0.6) is 0 Å². The molecule has 0 aliphatic carbocycles. The number of anilines is 1. The van der Waals surface area contributed by atoms with E-state index in [9.17, 15) is 9.59 Å². The number of hydrogen-bond acceptors (Lipinski definition) is 4. The van der Waals surface area contributed by atoms with Crippen LogP contribution in [0.1, 0.15) is 27.0 Å². The van der Waals surface area contributed by atoms with Crippen LogP contribution in [0, 0.1) is 6.92 Å². The second-order valence-electron chi connectivity index (χ2n) is 5.92. The van der Waals surface area contributed by atoms with Gasteiger partial charge in [0, 0.05) is 44.3 Å². The summed E-state index contributed by atoms with van der Waals surface area (Å²) in [5.41, 5.74) is 3.51. The summed E-state index contributed by atoms with van der Waals surface area (Å²) in [6.45, 7) is 2.01. The van der Waals surface area contributed by atoms with Crippen molar-refractivity contribution in [2.24, 2.45) is 7.05 Å². The Hall–Kier alpha value is -3.28. The zero-order valence-electron chi connectivity index (χ0n) is 14.1. The van der Waals surface area contributed by atoms with Crippen LogP contribution >= 0.6 is 0 Å². The van der Waals surface area contributed by atoms with Gasteiger partial charge in [0.25, 0.3) is 5.91 Å². The summed E-state index contributed by atoms with van der Waals surface area (Å²) in [4.78, 5) is 32.1. The Morgan fingerprint density at radius 2 is 1.96 bits per heavy atom. The van der Waals surface area contributed by atoms with E-state index in [1.165, 1.54) is 22.9 Å². The van der Waals surface area contributed by atoms with Gasteiger partial charge in [-0.3, -0.25) is 14.6 Å². The summed E-state index contributed by atoms with van der Waals surface area (Å²) >= 11 is 0. The largest absolute Gasteiger partial charge is 0.318 e. The number of carbonyl (C=O) groups is 1. The smallest absolute Gasteiger partial charge is 0.258 e. The number of rotatable bonds is 4. The number of nitrogens with one attached hydrogen (secondary N) is 1. The first kappa shape index (κ1) is 16.6. The van der Waals surface area contributed by atoms with Crippen LogP contribution in [0.3, 0.4) is 0 Å². The molecule has 6 heteroatoms. The first-order valence-electron chi connectivity index (χ1n) is 7.85. The van der Waals surface area contributed by atoms with Gasteiger partial charge in [-0.2, -0.15) is 0 Å². The van der Waals surface area contributed by atoms with Crippen molar-refractivity contribution in [1.82, 2.24) is 14.5 Å². The lowest BCUT2D eigenvalue weighted by Crippen LogP contribution is -2.19. The van der Waals surface area contributed by atoms with Gasteiger partial charge in [0.15, 0.2) is 0 Å². The second-order valence-corrected chi connectivity index (χ2v) is 5.92. The Morgan fingerprint density at radius 3 is 2.64 bits per heavy atom. The molecule has 3 heterocycles. The van der Waals surface area contributed by atoms with Crippen molar-refractivity contribution in [2.75, 3.05) is 5.32 Å². The Kier molecular flexibility index (Phi) is 4.70. The molecule has 0 aromatic carbocycles. The first-order valence-corrected chi connectivity index (χ1v) is 7.85. The average Bonchev–Trinajstić information content (AvgIpc) is 2.59. The van der Waals surface area contributed by atoms with Crippen molar-refractivity contribution in [2.45, 2.75) is 13.3 Å². The summed E-state index contributed by atoms with van der Waals surface area (Å²) in [5.74, 6) is 0.156. The van der Waals surface area contributed by atoms with Crippen LogP contribution in [-0.4, -0.2) is 20.4 Å². The normalized spacial score (nSPS) is 10.5. The zero-order chi connectivity index (χ0) is 17.8. The molecule has 0 aliphatic rings. The van der Waals surface area contributed by atoms with Crippen LogP contribution < -0.4 is 10.9 Å². The molecule has 0 radical (unpaired) electrons. The van der Waals surface area contributed by atoms with Gasteiger partial charge in [-0.25, -0.2) is 4.98 Å². The quantitative estimate of drug-likeness (QED) is 0.794. The van der Waals surface area contributed by atoms with Gasteiger partial charge in [-0.15, -0.1) is 0 Å². The van der Waals surface area contributed by atoms with Gasteiger partial charge in [-0.05, 0) is 35.7 Å². The fourth-order valence-electron chi connectivity index (χ4n) is 2.47. The topological polar surface area (TPSA) is 76.9 Å². The van der Waals surface area contributed by atoms with Crippen LogP contribution in [0.4, 0.5) is 5.82 Å². The molecule has 0 saturated heterocycles. The highest BCUT2D eigenvalue weighted by Gasteiger charge is 2.08. The Labute approximate surface area is 145 Å². The van der Waals surface area contributed by atoms with Crippen molar-refractivity contribution in [3.63, 3.8) is 0 Å². The maximum absolute atomic E-state index is 12.2. The fourth-order valence-corrected chi connectivity index (χ4v) is 2.47. The molecule has 0 spiro atoms. The van der Waals surface area contributed by atoms with Gasteiger partial charge in [0.1, 0.15) is 5.82 Å². The lowest BCUT2D eigenvalue weighted by Gasteiger charge is -2.07. The molecule has 0 saturated carbocycles. The van der Waals surface area contributed by atoms with E-state index in [4.69, 9.17) is 0 Å². The number of nitrogens with zero attached hydrogens (tertiary/aromatic N) is 3. The Balaban J connectivity index is 1.68. The summed E-state index contributed by atoms with van der Waals surface area (Å²) in [6, 6.07) is 8.63. The third kappa shape index (κ3) is 4.17. The molecule has 0 aliphatic heterocycles. The zero-order valence-corrected chi connectivity index (χ0v) is 14.1. The average molecular weight is 334 g/mol. The van der Waals surface area contributed by atoms with E-state index < -0.39 is 0 Å². The van der Waals surface area contributed by atoms with Crippen molar-refractivity contribution in [1.29, 1.82) is 0 Å². The lowest BCUT2D eigenvalue weighted by molar-refractivity contribution is 0.102. The summed E-state index contributed by atoms with van der Waals surface area (Å²) in [5, 5.41) is 2.73. The van der Waals surface area contributed by atoms with Crippen LogP contribution in [0.15, 0.2) is 59.9 Å². The van der Waals surface area contributed by atoms with Gasteiger partial charge >= 0.3 is 0 Å². The molecule has 0 unspecified atom stereocenters. The first-order chi connectivity index (χ1) is 12.0. The van der Waals surface area contributed by atoms with E-state index in [0.717, 1.165) is 23.1 Å². The molecule has 0 bridgehead atoms. The van der Waals surface area contributed by atoms with Gasteiger partial charge in [-0.1, -0.05) is 12.1 Å². The number of carbonyl (C=O) groups excluding carboxylic acids is 1. The molecular weight excluding hydrogens is 316 g/mol. The molecule has 3 aromatic rings. The molecule has 3 rings (SSSR count). The van der Waals surface area contributed by atoms with E-state index in [0.29, 0.717) is 11.4 Å². The monoisotopic (exact) mass is 334 g/mol. The van der Waals surface area contributed by atoms with Crippen molar-refractivity contribution >= 4 is 11.7 Å². The number of pyridine rings is 3. The highest BCUT2D eigenvalue weighted by molar-refractivity contribution is 6.03. The molecule has 3 aromatic heterocycles. The molecule has 1 amide bonds. The van der Waals surface area contributed by atoms with Gasteiger partial charge in [0.2, 0.25) is 5.56 Å². The van der Waals surface area contributed by atoms with Crippen molar-refractivity contribution in [3.8, 4) is 0 Å². The summed E-state index contributed by atoms with van der Waals surface area (Å²) < 4.78 is 1.36. The third-order valence-electron chi connectivity index (χ3n) is 3.75. The number of amides is 1. The van der Waals surface area contributed by atoms with Crippen LogP contribution in [-0.2, 0) is 13.5 Å². The predicted octanol–water partition coefficient (Wildman–Crippen LogP) is 2.33. The molecule has 1 N–H and O–H groups in total. The highest BCUT2D eigenvalue weighted by atomic mass is 16.2. The lowest BCUT2D eigenvalue weighted by atomic mass is 10.1. The van der Waals surface area contributed by atoms with E-state index in [1.807, 2.05) is 25.4 Å². The minimum atomic E-state index is -0.307. The van der Waals surface area contributed by atoms with E-state index >= 15 is 0 Å². The van der Waals surface area contributed by atoms with Gasteiger partial charge in [0.05, 0.1) is 5.56 Å². The number of aromatic nitrogens is 3. The maximum atomic E-state index is 12.2. The Morgan fingerprint density at radius 1 is 1.12 bits per heavy atom. The SMILES string of the molecule is Cc1cncc(Cc2ccc(NC(=O)c3ccc(=O)n(C)c3)nc2)c1. The third-order valence-corrected chi connectivity index (χ3v) is 3.75. The van der Waals surface area contributed by atoms with E-state index in [2.05, 4.69) is 21.4 Å². The fraction of sp³-hybridized carbons (Fsp3) is 0.158. The predicted molar refractivity (Wildman–Crippen MR) is 95.7 cm³/mol. The van der Waals surface area contributed by atoms with E-state index in [1.54, 1.807) is 19.3 Å². The molecule has 126 valence electrons. The standard InChI is InChI=1S/C19H18N4O2/c1-13-7-15(10-20-9-13)8-14-3-5-17(21-11-14)22-19(25)16-4-6-18(24)23(2)12-16/h3-7,9-12H,8H2,1-2H3,(H,21,22,25). The van der Waals surface area contributed by atoms with Crippen molar-refractivity contribution < 1.29 is 4.79 Å². The minimum Gasteiger partial charge on any atom is -0.318 e. The molecule has 0 atom stereocenters. The van der Waals surface area contributed by atoms with E-state index in [-0.39, 0.29) is 11.5 Å². The summed E-state index contributed by atoms with van der Waals surface area (Å²) in [6.07, 6.45) is 7.62. The number of aryl methyl sites for hydroxylation is 2. The number of hydrogen-bond donors (Lipinski definition) is 1. The molecule has 25 heavy (non-hydrogen) atoms. The summed E-state index contributed by atoms with van der Waals surface area (Å²) in [7, 11) is 1.60. The molecule has 0 fully saturated rings. The highest BCUT2D eigenvalue weighted by Crippen LogP contribution is 2.12. The van der Waals surface area contributed by atoms with Gasteiger partial charge < -0.3 is 9.88 Å². The second kappa shape index (κ2) is 7.09. The molecular formula is C19H18N4O2. The van der Waals surface area contributed by atoms with Crippen LogP contribution in [0.25, 0.3) is 0 Å². The molecule has 6 nitrogen and oxygen atoms in total. The van der Waals surface area contributed by atoms with Crippen molar-refractivity contribution in [3.05, 3.63) is 87.7 Å². The Bertz CT molecular complexity index is 962.